The van der Waals surface area contributed by atoms with E-state index in [4.69, 9.17) is 10.00 Å². The monoisotopic (exact) mass is 326 g/mol. The fourth-order valence-corrected chi connectivity index (χ4v) is 2.32. The van der Waals surface area contributed by atoms with Crippen LogP contribution < -0.4 is 10.1 Å². The van der Waals surface area contributed by atoms with E-state index >= 15 is 0 Å². The Bertz CT molecular complexity index is 768. The Kier molecular flexibility index (Phi) is 5.91. The van der Waals surface area contributed by atoms with E-state index in [1.54, 1.807) is 18.2 Å². The molecule has 1 N–H and O–H groups in total. The highest BCUT2D eigenvalue weighted by Crippen LogP contribution is 2.21. The molecule has 0 heterocycles. The normalized spacial score (nSPS) is 11.4. The van der Waals surface area contributed by atoms with Gasteiger partial charge in [-0.2, -0.15) is 5.26 Å². The van der Waals surface area contributed by atoms with Gasteiger partial charge in [-0.1, -0.05) is 25.1 Å². The van der Waals surface area contributed by atoms with Gasteiger partial charge in [0.25, 0.3) is 0 Å². The van der Waals surface area contributed by atoms with Gasteiger partial charge in [0, 0.05) is 12.2 Å². The molecule has 0 saturated heterocycles. The minimum absolute atomic E-state index is 0.0560. The van der Waals surface area contributed by atoms with E-state index in [0.717, 1.165) is 5.56 Å². The summed E-state index contributed by atoms with van der Waals surface area (Å²) in [6.07, 6.45) is 0.116. The van der Waals surface area contributed by atoms with Gasteiger partial charge in [-0.15, -0.1) is 0 Å². The molecule has 0 aliphatic carbocycles. The second-order valence-corrected chi connectivity index (χ2v) is 5.36. The number of ketones is 1. The van der Waals surface area contributed by atoms with Crippen molar-refractivity contribution in [2.75, 3.05) is 5.32 Å². The molecule has 0 spiro atoms. The second-order valence-electron chi connectivity index (χ2n) is 5.36. The third-order valence-corrected chi connectivity index (χ3v) is 3.54. The number of nitrogens with one attached hydrogen (secondary N) is 1. The summed E-state index contributed by atoms with van der Waals surface area (Å²) >= 11 is 0. The predicted octanol–water partition coefficient (Wildman–Crippen LogP) is 4.32. The van der Waals surface area contributed by atoms with Crippen molar-refractivity contribution in [1.29, 1.82) is 5.26 Å². The number of anilines is 1. The lowest BCUT2D eigenvalue weighted by atomic mass is 10.1. The van der Waals surface area contributed by atoms with Gasteiger partial charge in [0.15, 0.2) is 11.9 Å². The zero-order valence-electron chi connectivity index (χ0n) is 13.7. The summed E-state index contributed by atoms with van der Waals surface area (Å²) < 4.78 is 19.4. The molecule has 0 saturated carbocycles. The Morgan fingerprint density at radius 2 is 2.08 bits per heavy atom. The van der Waals surface area contributed by atoms with Crippen LogP contribution in [0.2, 0.25) is 0 Å². The summed E-state index contributed by atoms with van der Waals surface area (Å²) in [6, 6.07) is 13.9. The molecule has 1 atom stereocenters. The Hall–Kier alpha value is -2.87. The molecule has 4 nitrogen and oxygen atoms in total. The minimum Gasteiger partial charge on any atom is -0.476 e. The number of rotatable bonds is 7. The van der Waals surface area contributed by atoms with Gasteiger partial charge in [-0.05, 0) is 43.2 Å². The van der Waals surface area contributed by atoms with E-state index in [1.807, 2.05) is 25.1 Å². The van der Waals surface area contributed by atoms with E-state index in [9.17, 15) is 9.18 Å². The largest absolute Gasteiger partial charge is 0.476 e. The van der Waals surface area contributed by atoms with Crippen LogP contribution in [-0.2, 0) is 6.54 Å². The highest BCUT2D eigenvalue weighted by Gasteiger charge is 2.12. The molecule has 24 heavy (non-hydrogen) atoms. The lowest BCUT2D eigenvalue weighted by Crippen LogP contribution is -2.12. The Morgan fingerprint density at radius 1 is 1.33 bits per heavy atom. The summed E-state index contributed by atoms with van der Waals surface area (Å²) in [6.45, 7) is 3.63. The number of halogens is 1. The van der Waals surface area contributed by atoms with Crippen LogP contribution in [0.1, 0.15) is 36.2 Å². The number of hydrogen-bond acceptors (Lipinski definition) is 4. The molecule has 0 amide bonds. The van der Waals surface area contributed by atoms with Crippen molar-refractivity contribution in [2.45, 2.75) is 32.9 Å². The number of nitrogens with zero attached hydrogens (tertiary/aromatic N) is 1. The molecule has 5 heteroatoms. The number of carbonyl (C=O) groups is 1. The van der Waals surface area contributed by atoms with E-state index < -0.39 is 11.9 Å². The highest BCUT2D eigenvalue weighted by molar-refractivity contribution is 5.99. The molecule has 2 aromatic rings. The van der Waals surface area contributed by atoms with E-state index in [1.165, 1.54) is 13.0 Å². The van der Waals surface area contributed by atoms with Gasteiger partial charge in [0.2, 0.25) is 0 Å². The Morgan fingerprint density at radius 3 is 2.75 bits per heavy atom. The number of Topliss-reactive ketones (excluding diaryl/α,β-unsaturated/α-hetero) is 1. The van der Waals surface area contributed by atoms with Crippen molar-refractivity contribution in [3.63, 3.8) is 0 Å². The molecule has 124 valence electrons. The molecule has 2 aromatic carbocycles. The lowest BCUT2D eigenvalue weighted by molar-refractivity contribution is 0.101. The van der Waals surface area contributed by atoms with Crippen LogP contribution in [0.4, 0.5) is 10.1 Å². The maximum atomic E-state index is 13.8. The zero-order chi connectivity index (χ0) is 17.5. The standard InChI is InChI=1S/C19H19FN2O2/c1-3-15(11-21)24-16-7-4-6-14(10-16)12-22-18-9-5-8-17(20)19(18)13(2)23/h4-10,15,22H,3,12H2,1-2H3. The van der Waals surface area contributed by atoms with Crippen LogP contribution in [0.3, 0.4) is 0 Å². The van der Waals surface area contributed by atoms with E-state index in [2.05, 4.69) is 11.4 Å². The lowest BCUT2D eigenvalue weighted by Gasteiger charge is -2.13. The van der Waals surface area contributed by atoms with Crippen molar-refractivity contribution in [3.8, 4) is 11.8 Å². The fraction of sp³-hybridized carbons (Fsp3) is 0.263. The predicted molar refractivity (Wildman–Crippen MR) is 90.5 cm³/mol. The molecule has 0 aliphatic heterocycles. The maximum absolute atomic E-state index is 13.8. The first-order valence-electron chi connectivity index (χ1n) is 7.73. The smallest absolute Gasteiger partial charge is 0.184 e. The summed E-state index contributed by atoms with van der Waals surface area (Å²) in [5.41, 5.74) is 1.41. The molecule has 2 rings (SSSR count). The first-order valence-corrected chi connectivity index (χ1v) is 7.73. The minimum atomic E-state index is -0.538. The molecule has 1 unspecified atom stereocenters. The zero-order valence-corrected chi connectivity index (χ0v) is 13.7. The van der Waals surface area contributed by atoms with Crippen LogP contribution in [0, 0.1) is 17.1 Å². The third-order valence-electron chi connectivity index (χ3n) is 3.54. The summed E-state index contributed by atoms with van der Waals surface area (Å²) in [4.78, 5) is 11.6. The van der Waals surface area contributed by atoms with Crippen molar-refractivity contribution < 1.29 is 13.9 Å². The van der Waals surface area contributed by atoms with Crippen molar-refractivity contribution in [3.05, 3.63) is 59.4 Å². The van der Waals surface area contributed by atoms with Gasteiger partial charge in [0.05, 0.1) is 5.56 Å². The molecule has 0 aromatic heterocycles. The Balaban J connectivity index is 2.12. The van der Waals surface area contributed by atoms with Crippen molar-refractivity contribution >= 4 is 11.5 Å². The highest BCUT2D eigenvalue weighted by atomic mass is 19.1. The van der Waals surface area contributed by atoms with Crippen LogP contribution >= 0.6 is 0 Å². The SMILES string of the molecule is CCC(C#N)Oc1cccc(CNc2cccc(F)c2C(C)=O)c1. The van der Waals surface area contributed by atoms with Gasteiger partial charge in [-0.25, -0.2) is 4.39 Å². The molecule has 0 radical (unpaired) electrons. The first-order chi connectivity index (χ1) is 11.5. The Labute approximate surface area is 140 Å². The second kappa shape index (κ2) is 8.11. The fourth-order valence-electron chi connectivity index (χ4n) is 2.32. The number of nitriles is 1. The van der Waals surface area contributed by atoms with Crippen LogP contribution in [0.15, 0.2) is 42.5 Å². The van der Waals surface area contributed by atoms with Gasteiger partial charge in [0.1, 0.15) is 17.6 Å². The molecular weight excluding hydrogens is 307 g/mol. The topological polar surface area (TPSA) is 62.1 Å². The summed E-state index contributed by atoms with van der Waals surface area (Å²) in [7, 11) is 0. The number of hydrogen-bond donors (Lipinski definition) is 1. The number of ether oxygens (including phenoxy) is 1. The van der Waals surface area contributed by atoms with Crippen LogP contribution in [-0.4, -0.2) is 11.9 Å². The molecular formula is C19H19FN2O2. The summed E-state index contributed by atoms with van der Waals surface area (Å²) in [5.74, 6) is -0.259. The van der Waals surface area contributed by atoms with Crippen molar-refractivity contribution in [1.82, 2.24) is 0 Å². The van der Waals surface area contributed by atoms with Crippen LogP contribution in [0.25, 0.3) is 0 Å². The molecule has 0 aliphatic rings. The maximum Gasteiger partial charge on any atom is 0.184 e. The van der Waals surface area contributed by atoms with E-state index in [-0.39, 0.29) is 11.3 Å². The van der Waals surface area contributed by atoms with Crippen molar-refractivity contribution in [2.24, 2.45) is 0 Å². The average Bonchev–Trinajstić information content (AvgIpc) is 2.58. The van der Waals surface area contributed by atoms with Crippen LogP contribution in [0.5, 0.6) is 5.75 Å². The first kappa shape index (κ1) is 17.5. The quantitative estimate of drug-likeness (QED) is 0.770. The van der Waals surface area contributed by atoms with Gasteiger partial charge < -0.3 is 10.1 Å². The summed E-state index contributed by atoms with van der Waals surface area (Å²) in [5, 5.41) is 12.0. The van der Waals surface area contributed by atoms with Gasteiger partial charge >= 0.3 is 0 Å². The van der Waals surface area contributed by atoms with E-state index in [0.29, 0.717) is 24.4 Å². The average molecular weight is 326 g/mol. The third kappa shape index (κ3) is 4.32. The number of carbonyl (C=O) groups excluding carboxylic acids is 1. The number of benzene rings is 2. The molecule has 0 fully saturated rings. The molecule has 0 bridgehead atoms. The van der Waals surface area contributed by atoms with Gasteiger partial charge in [-0.3, -0.25) is 4.79 Å².